The molecule has 1 fully saturated rings. The maximum Gasteiger partial charge on any atom is 0.207 e. The molecule has 0 unspecified atom stereocenters. The maximum absolute atomic E-state index is 5.04. The molecular formula is C13H19N5O. The lowest BCUT2D eigenvalue weighted by Gasteiger charge is -2.06. The van der Waals surface area contributed by atoms with Crippen molar-refractivity contribution in [3.05, 3.63) is 24.3 Å². The highest BCUT2D eigenvalue weighted by atomic mass is 16.5. The van der Waals surface area contributed by atoms with Crippen molar-refractivity contribution >= 4 is 11.6 Å². The molecule has 1 N–H and O–H groups in total. The van der Waals surface area contributed by atoms with Crippen LogP contribution >= 0.6 is 0 Å². The zero-order valence-corrected chi connectivity index (χ0v) is 11.3. The number of rotatable bonds is 6. The summed E-state index contributed by atoms with van der Waals surface area (Å²) in [5, 5.41) is 7.62. The minimum absolute atomic E-state index is 0.618. The van der Waals surface area contributed by atoms with Crippen LogP contribution in [0.25, 0.3) is 0 Å². The maximum atomic E-state index is 5.04. The smallest absolute Gasteiger partial charge is 0.207 e. The number of aryl methyl sites for hydroxylation is 1. The molecule has 2 heterocycles. The molecule has 3 rings (SSSR count). The van der Waals surface area contributed by atoms with Gasteiger partial charge in [-0.1, -0.05) is 0 Å². The molecule has 0 atom stereocenters. The summed E-state index contributed by atoms with van der Waals surface area (Å²) in [4.78, 5) is 4.53. The predicted octanol–water partition coefficient (Wildman–Crippen LogP) is 2.11. The zero-order valence-electron chi connectivity index (χ0n) is 11.3. The second-order valence-corrected chi connectivity index (χ2v) is 4.95. The van der Waals surface area contributed by atoms with Crippen molar-refractivity contribution in [3.8, 4) is 0 Å². The van der Waals surface area contributed by atoms with Crippen LogP contribution in [-0.2, 0) is 11.3 Å². The molecule has 0 aromatic carbocycles. The van der Waals surface area contributed by atoms with Crippen molar-refractivity contribution in [2.45, 2.75) is 32.4 Å². The largest absolute Gasteiger partial charge is 0.383 e. The van der Waals surface area contributed by atoms with E-state index in [0.717, 1.165) is 23.9 Å². The number of nitrogens with zero attached hydrogens (tertiary/aromatic N) is 4. The first-order chi connectivity index (χ1) is 9.26. The third-order valence-corrected chi connectivity index (χ3v) is 3.21. The second kappa shape index (κ2) is 5.05. The highest BCUT2D eigenvalue weighted by molar-refractivity contribution is 5.51. The molecule has 0 aliphatic heterocycles. The predicted molar refractivity (Wildman–Crippen MR) is 72.6 cm³/mol. The fourth-order valence-electron chi connectivity index (χ4n) is 2.10. The Balaban J connectivity index is 1.72. The van der Waals surface area contributed by atoms with Crippen LogP contribution in [0.1, 0.15) is 24.6 Å². The van der Waals surface area contributed by atoms with Crippen molar-refractivity contribution in [1.82, 2.24) is 19.3 Å². The molecule has 6 heteroatoms. The summed E-state index contributed by atoms with van der Waals surface area (Å²) in [6, 6.07) is 0.618. The van der Waals surface area contributed by atoms with Crippen LogP contribution in [0.15, 0.2) is 18.6 Å². The van der Waals surface area contributed by atoms with Gasteiger partial charge in [0.2, 0.25) is 5.95 Å². The topological polar surface area (TPSA) is 56.9 Å². The van der Waals surface area contributed by atoms with Crippen LogP contribution in [0.2, 0.25) is 0 Å². The molecular weight excluding hydrogens is 242 g/mol. The van der Waals surface area contributed by atoms with Gasteiger partial charge in [0.05, 0.1) is 30.7 Å². The highest BCUT2D eigenvalue weighted by Crippen LogP contribution is 2.37. The third kappa shape index (κ3) is 2.78. The molecule has 1 aliphatic carbocycles. The minimum Gasteiger partial charge on any atom is -0.383 e. The SMILES string of the molecule is COCCn1cc(Nc2nc(C)cn2C2CC2)cn1. The summed E-state index contributed by atoms with van der Waals surface area (Å²) >= 11 is 0. The van der Waals surface area contributed by atoms with Gasteiger partial charge in [-0.2, -0.15) is 5.10 Å². The lowest BCUT2D eigenvalue weighted by Crippen LogP contribution is -2.04. The molecule has 0 saturated heterocycles. The van der Waals surface area contributed by atoms with Gasteiger partial charge in [-0.25, -0.2) is 4.98 Å². The molecule has 0 radical (unpaired) electrons. The standard InChI is InChI=1S/C13H19N5O/c1-10-8-18(12-3-4-12)13(15-10)16-11-7-14-17(9-11)5-6-19-2/h7-9,12H,3-6H2,1-2H3,(H,15,16). The van der Waals surface area contributed by atoms with E-state index in [0.29, 0.717) is 12.6 Å². The Hall–Kier alpha value is -1.82. The van der Waals surface area contributed by atoms with Gasteiger partial charge >= 0.3 is 0 Å². The normalized spacial score (nSPS) is 14.8. The zero-order chi connectivity index (χ0) is 13.2. The van der Waals surface area contributed by atoms with E-state index >= 15 is 0 Å². The van der Waals surface area contributed by atoms with Crippen molar-refractivity contribution < 1.29 is 4.74 Å². The Labute approximate surface area is 112 Å². The Morgan fingerprint density at radius 1 is 1.42 bits per heavy atom. The first-order valence-electron chi connectivity index (χ1n) is 6.60. The van der Waals surface area contributed by atoms with Crippen molar-refractivity contribution in [1.29, 1.82) is 0 Å². The Morgan fingerprint density at radius 2 is 2.26 bits per heavy atom. The average Bonchev–Trinajstić information content (AvgIpc) is 3.04. The van der Waals surface area contributed by atoms with Crippen LogP contribution < -0.4 is 5.32 Å². The Morgan fingerprint density at radius 3 is 3.00 bits per heavy atom. The highest BCUT2D eigenvalue weighted by Gasteiger charge is 2.26. The minimum atomic E-state index is 0.618. The first-order valence-corrected chi connectivity index (χ1v) is 6.60. The fraction of sp³-hybridized carbons (Fsp3) is 0.538. The van der Waals surface area contributed by atoms with E-state index in [-0.39, 0.29) is 0 Å². The number of ether oxygens (including phenoxy) is 1. The fourth-order valence-corrected chi connectivity index (χ4v) is 2.10. The first kappa shape index (κ1) is 12.2. The van der Waals surface area contributed by atoms with E-state index in [1.807, 2.05) is 24.0 Å². The molecule has 0 bridgehead atoms. The van der Waals surface area contributed by atoms with Gasteiger partial charge in [0.25, 0.3) is 0 Å². The second-order valence-electron chi connectivity index (χ2n) is 4.95. The quantitative estimate of drug-likeness (QED) is 0.865. The summed E-state index contributed by atoms with van der Waals surface area (Å²) in [5.41, 5.74) is 2.00. The van der Waals surface area contributed by atoms with Crippen LogP contribution in [0.3, 0.4) is 0 Å². The summed E-state index contributed by atoms with van der Waals surface area (Å²) in [6.45, 7) is 3.44. The molecule has 1 saturated carbocycles. The Bertz CT molecular complexity index is 555. The van der Waals surface area contributed by atoms with Gasteiger partial charge in [0, 0.05) is 25.5 Å². The summed E-state index contributed by atoms with van der Waals surface area (Å²) in [5.74, 6) is 0.909. The van der Waals surface area contributed by atoms with Crippen molar-refractivity contribution in [2.75, 3.05) is 19.0 Å². The molecule has 102 valence electrons. The summed E-state index contributed by atoms with van der Waals surface area (Å²) in [6.07, 6.45) is 8.39. The van der Waals surface area contributed by atoms with E-state index in [1.165, 1.54) is 12.8 Å². The van der Waals surface area contributed by atoms with Gasteiger partial charge < -0.3 is 14.6 Å². The Kier molecular flexibility index (Phi) is 3.25. The van der Waals surface area contributed by atoms with E-state index < -0.39 is 0 Å². The van der Waals surface area contributed by atoms with Crippen molar-refractivity contribution in [2.24, 2.45) is 0 Å². The van der Waals surface area contributed by atoms with E-state index in [2.05, 4.69) is 26.2 Å². The molecule has 2 aromatic heterocycles. The summed E-state index contributed by atoms with van der Waals surface area (Å²) in [7, 11) is 1.69. The van der Waals surface area contributed by atoms with E-state index in [4.69, 9.17) is 4.74 Å². The number of nitrogens with one attached hydrogen (secondary N) is 1. The number of aromatic nitrogens is 4. The van der Waals surface area contributed by atoms with E-state index in [9.17, 15) is 0 Å². The van der Waals surface area contributed by atoms with Gasteiger partial charge in [-0.3, -0.25) is 4.68 Å². The van der Waals surface area contributed by atoms with Gasteiger partial charge in [-0.15, -0.1) is 0 Å². The average molecular weight is 261 g/mol. The van der Waals surface area contributed by atoms with Crippen LogP contribution in [-0.4, -0.2) is 33.0 Å². The molecule has 19 heavy (non-hydrogen) atoms. The lowest BCUT2D eigenvalue weighted by atomic mass is 10.5. The van der Waals surface area contributed by atoms with Gasteiger partial charge in [-0.05, 0) is 19.8 Å². The lowest BCUT2D eigenvalue weighted by molar-refractivity contribution is 0.183. The number of hydrogen-bond acceptors (Lipinski definition) is 4. The number of imidazole rings is 1. The van der Waals surface area contributed by atoms with Crippen LogP contribution in [0.4, 0.5) is 11.6 Å². The van der Waals surface area contributed by atoms with Crippen molar-refractivity contribution in [3.63, 3.8) is 0 Å². The molecule has 0 spiro atoms. The number of methoxy groups -OCH3 is 1. The van der Waals surface area contributed by atoms with Crippen LogP contribution in [0.5, 0.6) is 0 Å². The number of anilines is 2. The van der Waals surface area contributed by atoms with Crippen LogP contribution in [0, 0.1) is 6.92 Å². The molecule has 0 amide bonds. The molecule has 2 aromatic rings. The molecule has 1 aliphatic rings. The van der Waals surface area contributed by atoms with Gasteiger partial charge in [0.1, 0.15) is 0 Å². The molecule has 6 nitrogen and oxygen atoms in total. The van der Waals surface area contributed by atoms with Gasteiger partial charge in [0.15, 0.2) is 0 Å². The summed E-state index contributed by atoms with van der Waals surface area (Å²) < 4.78 is 9.13. The monoisotopic (exact) mass is 261 g/mol. The van der Waals surface area contributed by atoms with E-state index in [1.54, 1.807) is 7.11 Å². The third-order valence-electron chi connectivity index (χ3n) is 3.21. The number of hydrogen-bond donors (Lipinski definition) is 1.